The molecule has 6 rings (SSSR count). The van der Waals surface area contributed by atoms with E-state index >= 15 is 0 Å². The first-order valence-corrected chi connectivity index (χ1v) is 18.8. The van der Waals surface area contributed by atoms with Crippen molar-refractivity contribution in [2.24, 2.45) is 5.92 Å². The van der Waals surface area contributed by atoms with Gasteiger partial charge in [-0.2, -0.15) is 0 Å². The highest BCUT2D eigenvalue weighted by atomic mass is 32.2. The summed E-state index contributed by atoms with van der Waals surface area (Å²) in [7, 11) is -1.66. The Balaban J connectivity index is 1.22. The van der Waals surface area contributed by atoms with E-state index < -0.39 is 22.4 Å². The average molecular weight is 707 g/mol. The molecule has 0 radical (unpaired) electrons. The molecule has 5 aromatic carbocycles. The summed E-state index contributed by atoms with van der Waals surface area (Å²) >= 11 is 0. The third-order valence-corrected chi connectivity index (χ3v) is 11.3. The van der Waals surface area contributed by atoms with Gasteiger partial charge in [-0.1, -0.05) is 128 Å². The quantitative estimate of drug-likeness (QED) is 0.119. The maximum Gasteiger partial charge on any atom is 0.240 e. The van der Waals surface area contributed by atoms with Crippen LogP contribution in [0.1, 0.15) is 60.2 Å². The predicted octanol–water partition coefficient (Wildman–Crippen LogP) is 7.17. The van der Waals surface area contributed by atoms with Crippen molar-refractivity contribution >= 4 is 10.0 Å². The summed E-state index contributed by atoms with van der Waals surface area (Å²) in [5.74, 6) is -0.0180. The van der Waals surface area contributed by atoms with Crippen LogP contribution < -0.4 is 4.72 Å². The summed E-state index contributed by atoms with van der Waals surface area (Å²) < 4.78 is 42.0. The van der Waals surface area contributed by atoms with Crippen LogP contribution in [0.5, 0.6) is 0 Å². The van der Waals surface area contributed by atoms with Gasteiger partial charge in [0.2, 0.25) is 10.0 Å². The molecule has 1 heterocycles. The SMILES string of the molecule is CC1C(CN(C)C(C)C(O)c2ccccc2)OC(c2ccc(-c3ccccc3CNS(=O)(=O)c3ccccc3)cc2)OC1c1ccc(CO)cc1. The Morgan fingerprint density at radius 2 is 1.39 bits per heavy atom. The number of sulfonamides is 1. The number of hydrogen-bond acceptors (Lipinski definition) is 7. The van der Waals surface area contributed by atoms with E-state index in [4.69, 9.17) is 9.47 Å². The van der Waals surface area contributed by atoms with Gasteiger partial charge in [-0.05, 0) is 59.5 Å². The Kier molecular flexibility index (Phi) is 11.8. The van der Waals surface area contributed by atoms with Crippen molar-refractivity contribution in [2.45, 2.75) is 62.5 Å². The third-order valence-electron chi connectivity index (χ3n) is 9.90. The molecule has 0 bridgehead atoms. The van der Waals surface area contributed by atoms with Crippen LogP contribution in [0.3, 0.4) is 0 Å². The van der Waals surface area contributed by atoms with Crippen LogP contribution in [0.2, 0.25) is 0 Å². The fourth-order valence-electron chi connectivity index (χ4n) is 6.58. The van der Waals surface area contributed by atoms with Crippen molar-refractivity contribution in [3.05, 3.63) is 161 Å². The van der Waals surface area contributed by atoms with E-state index in [9.17, 15) is 18.6 Å². The number of nitrogens with zero attached hydrogens (tertiary/aromatic N) is 1. The zero-order chi connectivity index (χ0) is 36.0. The van der Waals surface area contributed by atoms with E-state index in [0.717, 1.165) is 38.9 Å². The highest BCUT2D eigenvalue weighted by Gasteiger charge is 2.39. The average Bonchev–Trinajstić information content (AvgIpc) is 3.18. The molecular formula is C42H46N2O6S. The molecule has 1 aliphatic rings. The number of aliphatic hydroxyl groups excluding tert-OH is 2. The summed E-state index contributed by atoms with van der Waals surface area (Å²) in [6, 6.07) is 41.5. The van der Waals surface area contributed by atoms with Crippen LogP contribution in [0.15, 0.2) is 138 Å². The summed E-state index contributed by atoms with van der Waals surface area (Å²) in [5, 5.41) is 20.8. The summed E-state index contributed by atoms with van der Waals surface area (Å²) in [6.45, 7) is 4.83. The highest BCUT2D eigenvalue weighted by molar-refractivity contribution is 7.89. The Hall–Kier alpha value is -4.19. The van der Waals surface area contributed by atoms with Crippen LogP contribution in [0.4, 0.5) is 0 Å². The molecule has 0 aromatic heterocycles. The van der Waals surface area contributed by atoms with E-state index in [-0.39, 0.29) is 42.2 Å². The van der Waals surface area contributed by atoms with Gasteiger partial charge in [0, 0.05) is 30.6 Å². The second kappa shape index (κ2) is 16.4. The van der Waals surface area contributed by atoms with Crippen LogP contribution in [-0.2, 0) is 32.6 Å². The first-order chi connectivity index (χ1) is 24.6. The minimum atomic E-state index is -3.67. The second-order valence-corrected chi connectivity index (χ2v) is 15.0. The van der Waals surface area contributed by atoms with Crippen molar-refractivity contribution in [1.82, 2.24) is 9.62 Å². The molecule has 1 fully saturated rings. The molecule has 0 saturated carbocycles. The van der Waals surface area contributed by atoms with Crippen LogP contribution >= 0.6 is 0 Å². The van der Waals surface area contributed by atoms with Gasteiger partial charge in [-0.25, -0.2) is 13.1 Å². The number of likely N-dealkylation sites (N-methyl/N-ethyl adjacent to an activating group) is 1. The van der Waals surface area contributed by atoms with Gasteiger partial charge in [0.25, 0.3) is 0 Å². The second-order valence-electron chi connectivity index (χ2n) is 13.3. The number of hydrogen-bond donors (Lipinski definition) is 3. The van der Waals surface area contributed by atoms with Gasteiger partial charge < -0.3 is 19.7 Å². The molecule has 6 atom stereocenters. The zero-order valence-electron chi connectivity index (χ0n) is 29.2. The normalized spacial score (nSPS) is 20.6. The lowest BCUT2D eigenvalue weighted by Crippen LogP contribution is -2.46. The number of benzene rings is 5. The van der Waals surface area contributed by atoms with Crippen LogP contribution in [0, 0.1) is 5.92 Å². The summed E-state index contributed by atoms with van der Waals surface area (Å²) in [6.07, 6.45) is -1.81. The Labute approximate surface area is 301 Å². The molecule has 266 valence electrons. The first kappa shape index (κ1) is 36.6. The maximum absolute atomic E-state index is 12.9. The largest absolute Gasteiger partial charge is 0.392 e. The van der Waals surface area contributed by atoms with Gasteiger partial charge >= 0.3 is 0 Å². The van der Waals surface area contributed by atoms with E-state index in [0.29, 0.717) is 6.54 Å². The molecule has 0 amide bonds. The van der Waals surface area contributed by atoms with Gasteiger partial charge in [0.05, 0.1) is 29.8 Å². The van der Waals surface area contributed by atoms with E-state index in [2.05, 4.69) is 16.5 Å². The molecule has 1 saturated heterocycles. The molecule has 5 aromatic rings. The first-order valence-electron chi connectivity index (χ1n) is 17.3. The number of nitrogens with one attached hydrogen (secondary N) is 1. The van der Waals surface area contributed by atoms with E-state index in [1.807, 2.05) is 117 Å². The lowest BCUT2D eigenvalue weighted by molar-refractivity contribution is -0.276. The molecule has 6 unspecified atom stereocenters. The molecule has 0 spiro atoms. The van der Waals surface area contributed by atoms with Crippen molar-refractivity contribution < 1.29 is 28.1 Å². The lowest BCUT2D eigenvalue weighted by Gasteiger charge is -2.43. The lowest BCUT2D eigenvalue weighted by atomic mass is 9.89. The van der Waals surface area contributed by atoms with E-state index in [1.165, 1.54) is 0 Å². The Bertz CT molecular complexity index is 1960. The van der Waals surface area contributed by atoms with Crippen LogP contribution in [0.25, 0.3) is 11.1 Å². The molecular weight excluding hydrogens is 661 g/mol. The molecule has 3 N–H and O–H groups in total. The summed E-state index contributed by atoms with van der Waals surface area (Å²) in [4.78, 5) is 2.36. The molecule has 51 heavy (non-hydrogen) atoms. The molecule has 1 aliphatic heterocycles. The Morgan fingerprint density at radius 3 is 2.06 bits per heavy atom. The smallest absolute Gasteiger partial charge is 0.240 e. The van der Waals surface area contributed by atoms with Gasteiger partial charge in [-0.3, -0.25) is 4.90 Å². The van der Waals surface area contributed by atoms with Crippen molar-refractivity contribution in [3.63, 3.8) is 0 Å². The predicted molar refractivity (Wildman–Crippen MR) is 199 cm³/mol. The monoisotopic (exact) mass is 706 g/mol. The number of aliphatic hydroxyl groups is 2. The van der Waals surface area contributed by atoms with Crippen molar-refractivity contribution in [2.75, 3.05) is 13.6 Å². The van der Waals surface area contributed by atoms with Crippen LogP contribution in [-0.4, -0.2) is 49.3 Å². The molecule has 9 heteroatoms. The fourth-order valence-corrected chi connectivity index (χ4v) is 7.61. The molecule has 0 aliphatic carbocycles. The van der Waals surface area contributed by atoms with Gasteiger partial charge in [0.1, 0.15) is 0 Å². The zero-order valence-corrected chi connectivity index (χ0v) is 30.0. The number of ether oxygens (including phenoxy) is 2. The van der Waals surface area contributed by atoms with Gasteiger partial charge in [-0.15, -0.1) is 0 Å². The maximum atomic E-state index is 12.9. The minimum absolute atomic E-state index is 0.0180. The van der Waals surface area contributed by atoms with E-state index in [1.54, 1.807) is 30.3 Å². The third kappa shape index (κ3) is 8.65. The standard InChI is InChI=1S/C42H46N2O6S/c1-29-39(27-44(3)30(2)40(46)33-12-6-4-7-13-33)49-42(50-41(29)34-20-18-31(28-45)19-21-34)35-24-22-32(23-25-35)38-17-11-10-14-36(38)26-43-51(47,48)37-15-8-5-9-16-37/h4-25,29-30,39-43,45-46H,26-28H2,1-3H3. The fraction of sp³-hybridized carbons (Fsp3) is 0.286. The topological polar surface area (TPSA) is 108 Å². The highest BCUT2D eigenvalue weighted by Crippen LogP contribution is 2.42. The van der Waals surface area contributed by atoms with Crippen molar-refractivity contribution in [1.29, 1.82) is 0 Å². The number of rotatable bonds is 13. The van der Waals surface area contributed by atoms with Crippen molar-refractivity contribution in [3.8, 4) is 11.1 Å². The minimum Gasteiger partial charge on any atom is -0.392 e. The molecule has 8 nitrogen and oxygen atoms in total. The van der Waals surface area contributed by atoms with Gasteiger partial charge in [0.15, 0.2) is 6.29 Å². The Morgan fingerprint density at radius 1 is 0.784 bits per heavy atom. The summed E-state index contributed by atoms with van der Waals surface area (Å²) in [5.41, 5.74) is 6.27.